The molecule has 0 aliphatic carbocycles. The third-order valence-corrected chi connectivity index (χ3v) is 4.25. The van der Waals surface area contributed by atoms with E-state index < -0.39 is 17.6 Å². The topological polar surface area (TPSA) is 90.5 Å². The number of hydrogen-bond acceptors (Lipinski definition) is 5. The Labute approximate surface area is 168 Å². The molecule has 0 saturated heterocycles. The van der Waals surface area contributed by atoms with Crippen molar-refractivity contribution in [1.82, 2.24) is 35.1 Å². The van der Waals surface area contributed by atoms with Gasteiger partial charge in [-0.3, -0.25) is 4.79 Å². The minimum Gasteiger partial charge on any atom is -0.347 e. The van der Waals surface area contributed by atoms with Gasteiger partial charge in [-0.05, 0) is 29.8 Å². The average molecular weight is 413 g/mol. The fourth-order valence-electron chi connectivity index (χ4n) is 2.78. The van der Waals surface area contributed by atoms with E-state index in [0.29, 0.717) is 0 Å². The summed E-state index contributed by atoms with van der Waals surface area (Å²) < 4.78 is 42.1. The summed E-state index contributed by atoms with van der Waals surface area (Å²) in [5.41, 5.74) is 0.469. The van der Waals surface area contributed by atoms with Crippen molar-refractivity contribution >= 4 is 5.91 Å². The Bertz CT molecular complexity index is 1150. The lowest BCUT2D eigenvalue weighted by atomic mass is 10.1. The molecule has 0 fully saturated rings. The number of carbonyl (C=O) groups is 1. The van der Waals surface area contributed by atoms with Crippen LogP contribution in [0.5, 0.6) is 0 Å². The molecule has 1 N–H and O–H groups in total. The Balaban J connectivity index is 1.44. The Morgan fingerprint density at radius 1 is 1.03 bits per heavy atom. The first-order valence-electron chi connectivity index (χ1n) is 8.73. The van der Waals surface area contributed by atoms with Crippen LogP contribution in [-0.2, 0) is 12.7 Å². The van der Waals surface area contributed by atoms with Gasteiger partial charge in [-0.25, -0.2) is 14.3 Å². The molecule has 0 saturated carbocycles. The first kappa shape index (κ1) is 19.3. The van der Waals surface area contributed by atoms with Gasteiger partial charge in [0.15, 0.2) is 5.69 Å². The van der Waals surface area contributed by atoms with Gasteiger partial charge in [-0.1, -0.05) is 29.5 Å². The lowest BCUT2D eigenvalue weighted by molar-refractivity contribution is -0.137. The Kier molecular flexibility index (Phi) is 5.00. The van der Waals surface area contributed by atoms with Gasteiger partial charge in [0, 0.05) is 6.54 Å². The Morgan fingerprint density at radius 2 is 1.80 bits per heavy atom. The maximum atomic E-state index is 13.2. The van der Waals surface area contributed by atoms with Gasteiger partial charge in [0.25, 0.3) is 5.91 Å². The van der Waals surface area contributed by atoms with E-state index in [9.17, 15) is 18.0 Å². The molecule has 4 aromatic rings. The third-order valence-electron chi connectivity index (χ3n) is 4.25. The largest absolute Gasteiger partial charge is 0.418 e. The molecule has 0 spiro atoms. The molecule has 8 nitrogen and oxygen atoms in total. The molecular weight excluding hydrogens is 399 g/mol. The standard InChI is InChI=1S/C19H14F3N7O/c20-19(21,22)15-3-1-2-4-17(15)28-10-16(26-27-28)18(30)24-9-13-5-7-14(8-6-13)29-12-23-11-25-29/h1-8,10-12H,9H2,(H,24,30). The zero-order chi connectivity index (χ0) is 21.1. The van der Waals surface area contributed by atoms with Crippen LogP contribution in [0.2, 0.25) is 0 Å². The number of alkyl halides is 3. The molecular formula is C19H14F3N7O. The van der Waals surface area contributed by atoms with E-state index in [2.05, 4.69) is 25.7 Å². The molecule has 152 valence electrons. The van der Waals surface area contributed by atoms with Crippen molar-refractivity contribution in [2.75, 3.05) is 0 Å². The number of nitrogens with one attached hydrogen (secondary N) is 1. The van der Waals surface area contributed by atoms with E-state index in [1.165, 1.54) is 24.5 Å². The summed E-state index contributed by atoms with van der Waals surface area (Å²) in [4.78, 5) is 16.2. The number of rotatable bonds is 5. The summed E-state index contributed by atoms with van der Waals surface area (Å²) in [5.74, 6) is -0.550. The molecule has 2 aromatic carbocycles. The van der Waals surface area contributed by atoms with Crippen LogP contribution in [0.4, 0.5) is 13.2 Å². The fraction of sp³-hybridized carbons (Fsp3) is 0.105. The highest BCUT2D eigenvalue weighted by molar-refractivity contribution is 5.91. The van der Waals surface area contributed by atoms with Crippen LogP contribution in [0.15, 0.2) is 67.4 Å². The monoisotopic (exact) mass is 413 g/mol. The fourth-order valence-corrected chi connectivity index (χ4v) is 2.78. The quantitative estimate of drug-likeness (QED) is 0.543. The summed E-state index contributed by atoms with van der Waals surface area (Å²) in [6.45, 7) is 0.211. The highest BCUT2D eigenvalue weighted by atomic mass is 19.4. The van der Waals surface area contributed by atoms with Crippen LogP contribution in [0.3, 0.4) is 0 Å². The number of hydrogen-bond donors (Lipinski definition) is 1. The number of carbonyl (C=O) groups excluding carboxylic acids is 1. The van der Waals surface area contributed by atoms with Gasteiger partial charge in [0.05, 0.1) is 23.1 Å². The number of amides is 1. The number of nitrogens with zero attached hydrogens (tertiary/aromatic N) is 6. The molecule has 30 heavy (non-hydrogen) atoms. The zero-order valence-corrected chi connectivity index (χ0v) is 15.3. The summed E-state index contributed by atoms with van der Waals surface area (Å²) in [7, 11) is 0. The molecule has 2 aromatic heterocycles. The van der Waals surface area contributed by atoms with Crippen molar-refractivity contribution in [3.63, 3.8) is 0 Å². The molecule has 1 amide bonds. The van der Waals surface area contributed by atoms with Crippen LogP contribution in [0, 0.1) is 0 Å². The van der Waals surface area contributed by atoms with E-state index >= 15 is 0 Å². The molecule has 11 heteroatoms. The van der Waals surface area contributed by atoms with Gasteiger partial charge < -0.3 is 5.32 Å². The second kappa shape index (κ2) is 7.78. The third kappa shape index (κ3) is 4.04. The van der Waals surface area contributed by atoms with Crippen molar-refractivity contribution in [3.05, 3.63) is 84.2 Å². The summed E-state index contributed by atoms with van der Waals surface area (Å²) in [6.07, 6.45) is -0.400. The van der Waals surface area contributed by atoms with E-state index in [-0.39, 0.29) is 17.9 Å². The van der Waals surface area contributed by atoms with Crippen LogP contribution in [0.25, 0.3) is 11.4 Å². The maximum Gasteiger partial charge on any atom is 0.418 e. The molecule has 4 rings (SSSR count). The van der Waals surface area contributed by atoms with Crippen molar-refractivity contribution in [2.45, 2.75) is 12.7 Å². The number of benzene rings is 2. The van der Waals surface area contributed by atoms with E-state index in [0.717, 1.165) is 28.2 Å². The first-order valence-corrected chi connectivity index (χ1v) is 8.73. The second-order valence-corrected chi connectivity index (χ2v) is 6.25. The molecule has 0 aliphatic heterocycles. The van der Waals surface area contributed by atoms with Crippen molar-refractivity contribution in [3.8, 4) is 11.4 Å². The molecule has 0 atom stereocenters. The number of aromatic nitrogens is 6. The lowest BCUT2D eigenvalue weighted by Crippen LogP contribution is -2.23. The van der Waals surface area contributed by atoms with Crippen molar-refractivity contribution in [2.24, 2.45) is 0 Å². The van der Waals surface area contributed by atoms with Gasteiger partial charge in [-0.2, -0.15) is 18.3 Å². The highest BCUT2D eigenvalue weighted by Gasteiger charge is 2.34. The molecule has 0 aliphatic rings. The molecule has 0 bridgehead atoms. The number of halogens is 3. The van der Waals surface area contributed by atoms with E-state index in [1.807, 2.05) is 24.3 Å². The zero-order valence-electron chi connectivity index (χ0n) is 15.3. The van der Waals surface area contributed by atoms with Gasteiger partial charge in [0.1, 0.15) is 12.7 Å². The lowest BCUT2D eigenvalue weighted by Gasteiger charge is -2.11. The maximum absolute atomic E-state index is 13.2. The Hall–Kier alpha value is -4.02. The second-order valence-electron chi connectivity index (χ2n) is 6.25. The predicted octanol–water partition coefficient (Wildman–Crippen LogP) is 2.80. The summed E-state index contributed by atoms with van der Waals surface area (Å²) in [5, 5.41) is 14.1. The molecule has 2 heterocycles. The van der Waals surface area contributed by atoms with Crippen molar-refractivity contribution in [1.29, 1.82) is 0 Å². The minimum atomic E-state index is -4.55. The summed E-state index contributed by atoms with van der Waals surface area (Å²) >= 11 is 0. The highest BCUT2D eigenvalue weighted by Crippen LogP contribution is 2.33. The van der Waals surface area contributed by atoms with E-state index in [1.54, 1.807) is 11.0 Å². The Morgan fingerprint density at radius 3 is 2.50 bits per heavy atom. The van der Waals surface area contributed by atoms with Gasteiger partial charge >= 0.3 is 6.18 Å². The van der Waals surface area contributed by atoms with E-state index in [4.69, 9.17) is 0 Å². The average Bonchev–Trinajstić information content (AvgIpc) is 3.44. The molecule has 0 radical (unpaired) electrons. The van der Waals surface area contributed by atoms with Crippen LogP contribution in [-0.4, -0.2) is 35.7 Å². The first-order chi connectivity index (χ1) is 14.4. The molecule has 0 unspecified atom stereocenters. The smallest absolute Gasteiger partial charge is 0.347 e. The van der Waals surface area contributed by atoms with Gasteiger partial charge in [0.2, 0.25) is 0 Å². The van der Waals surface area contributed by atoms with Crippen LogP contribution < -0.4 is 5.32 Å². The normalized spacial score (nSPS) is 11.4. The van der Waals surface area contributed by atoms with Crippen LogP contribution >= 0.6 is 0 Å². The van der Waals surface area contributed by atoms with Crippen LogP contribution in [0.1, 0.15) is 21.6 Å². The minimum absolute atomic E-state index is 0.0915. The van der Waals surface area contributed by atoms with Gasteiger partial charge in [-0.15, -0.1) is 5.10 Å². The summed E-state index contributed by atoms with van der Waals surface area (Å²) in [6, 6.07) is 12.2. The predicted molar refractivity (Wildman–Crippen MR) is 98.9 cm³/mol. The SMILES string of the molecule is O=C(NCc1ccc(-n2cncn2)cc1)c1cn(-c2ccccc2C(F)(F)F)nn1. The van der Waals surface area contributed by atoms with Crippen molar-refractivity contribution < 1.29 is 18.0 Å². The number of para-hydroxylation sites is 1.